The van der Waals surface area contributed by atoms with Gasteiger partial charge in [0, 0.05) is 26.3 Å². The third-order valence-corrected chi connectivity index (χ3v) is 6.12. The van der Waals surface area contributed by atoms with Crippen molar-refractivity contribution in [1.82, 2.24) is 5.32 Å². The number of hydrogen-bond acceptors (Lipinski definition) is 3. The minimum absolute atomic E-state index is 0.00555. The standard InChI is InChI=1S/C24H35F2NO3/c1-27-23(30)12-8-3-2-7-11-19-20(22(29)17-21(19)28)14-16-24(25,26)15-13-18-9-5-4-6-10-18/h2,4-7,9-10,19-22,28-29H,3,8,11-17H2,1H3,(H,27,30)/b7-2+/t19-,20-,21+,22-/m1/s1. The van der Waals surface area contributed by atoms with Gasteiger partial charge in [0.05, 0.1) is 12.2 Å². The first-order valence-electron chi connectivity index (χ1n) is 11.0. The molecule has 0 saturated heterocycles. The van der Waals surface area contributed by atoms with Crippen molar-refractivity contribution in [3.05, 3.63) is 48.0 Å². The van der Waals surface area contributed by atoms with Gasteiger partial charge in [0.15, 0.2) is 0 Å². The molecule has 1 fully saturated rings. The molecular weight excluding hydrogens is 388 g/mol. The number of carbonyl (C=O) groups excluding carboxylic acids is 1. The van der Waals surface area contributed by atoms with E-state index in [9.17, 15) is 23.8 Å². The Balaban J connectivity index is 1.79. The normalized spacial score (nSPS) is 24.4. The van der Waals surface area contributed by atoms with E-state index in [4.69, 9.17) is 0 Å². The van der Waals surface area contributed by atoms with Gasteiger partial charge in [0.2, 0.25) is 11.8 Å². The van der Waals surface area contributed by atoms with Gasteiger partial charge in [-0.3, -0.25) is 4.79 Å². The minimum atomic E-state index is -2.79. The monoisotopic (exact) mass is 423 g/mol. The lowest BCUT2D eigenvalue weighted by molar-refractivity contribution is -0.120. The van der Waals surface area contributed by atoms with Gasteiger partial charge in [-0.15, -0.1) is 0 Å². The maximum atomic E-state index is 14.4. The van der Waals surface area contributed by atoms with Crippen LogP contribution in [0.15, 0.2) is 42.5 Å². The number of halogens is 2. The van der Waals surface area contributed by atoms with E-state index >= 15 is 0 Å². The molecule has 1 aromatic rings. The molecule has 4 atom stereocenters. The number of aryl methyl sites for hydroxylation is 1. The Kier molecular flexibility index (Phi) is 9.92. The third-order valence-electron chi connectivity index (χ3n) is 6.12. The van der Waals surface area contributed by atoms with Crippen molar-refractivity contribution in [3.8, 4) is 0 Å². The maximum absolute atomic E-state index is 14.4. The number of hydrogen-bond donors (Lipinski definition) is 3. The van der Waals surface area contributed by atoms with Crippen LogP contribution < -0.4 is 5.32 Å². The number of aliphatic hydroxyl groups is 2. The highest BCUT2D eigenvalue weighted by molar-refractivity contribution is 5.75. The number of amides is 1. The number of allylic oxidation sites excluding steroid dienone is 2. The first-order valence-corrected chi connectivity index (χ1v) is 11.0. The summed E-state index contributed by atoms with van der Waals surface area (Å²) < 4.78 is 28.8. The van der Waals surface area contributed by atoms with Crippen molar-refractivity contribution in [1.29, 1.82) is 0 Å². The SMILES string of the molecule is CNC(=O)CCC/C=C/C[C@@H]1[C@@H](CCC(F)(F)CCc2ccccc2)[C@H](O)C[C@@H]1O. The Bertz CT molecular complexity index is 666. The van der Waals surface area contributed by atoms with Gasteiger partial charge in [-0.2, -0.15) is 0 Å². The molecule has 0 aliphatic heterocycles. The van der Waals surface area contributed by atoms with Crippen molar-refractivity contribution in [3.63, 3.8) is 0 Å². The summed E-state index contributed by atoms with van der Waals surface area (Å²) >= 11 is 0. The van der Waals surface area contributed by atoms with Crippen LogP contribution in [0.5, 0.6) is 0 Å². The molecule has 0 unspecified atom stereocenters. The van der Waals surface area contributed by atoms with Crippen LogP contribution in [0.4, 0.5) is 8.78 Å². The van der Waals surface area contributed by atoms with Gasteiger partial charge in [-0.25, -0.2) is 8.78 Å². The van der Waals surface area contributed by atoms with Gasteiger partial charge in [0.25, 0.3) is 0 Å². The van der Waals surface area contributed by atoms with Crippen LogP contribution in [-0.2, 0) is 11.2 Å². The molecule has 1 aliphatic carbocycles. The van der Waals surface area contributed by atoms with Crippen molar-refractivity contribution < 1.29 is 23.8 Å². The van der Waals surface area contributed by atoms with Crippen LogP contribution in [0, 0.1) is 11.8 Å². The van der Waals surface area contributed by atoms with E-state index in [1.807, 2.05) is 42.5 Å². The molecule has 4 nitrogen and oxygen atoms in total. The van der Waals surface area contributed by atoms with E-state index in [0.29, 0.717) is 19.3 Å². The number of unbranched alkanes of at least 4 members (excludes halogenated alkanes) is 1. The highest BCUT2D eigenvalue weighted by Gasteiger charge is 2.42. The molecule has 0 radical (unpaired) electrons. The molecule has 1 aromatic carbocycles. The van der Waals surface area contributed by atoms with Crippen LogP contribution in [0.25, 0.3) is 0 Å². The fraction of sp³-hybridized carbons (Fsp3) is 0.625. The lowest BCUT2D eigenvalue weighted by Gasteiger charge is -2.25. The molecule has 0 spiro atoms. The third kappa shape index (κ3) is 8.15. The number of aliphatic hydroxyl groups excluding tert-OH is 2. The zero-order chi connectivity index (χ0) is 22.0. The van der Waals surface area contributed by atoms with Crippen LogP contribution in [-0.4, -0.2) is 41.3 Å². The molecule has 30 heavy (non-hydrogen) atoms. The Hall–Kier alpha value is -1.79. The molecule has 3 N–H and O–H groups in total. The molecule has 0 aromatic heterocycles. The van der Waals surface area contributed by atoms with Crippen LogP contribution in [0.1, 0.15) is 56.9 Å². The van der Waals surface area contributed by atoms with E-state index in [-0.39, 0.29) is 43.4 Å². The van der Waals surface area contributed by atoms with Crippen LogP contribution in [0.2, 0.25) is 0 Å². The van der Waals surface area contributed by atoms with Crippen molar-refractivity contribution in [2.75, 3.05) is 7.05 Å². The van der Waals surface area contributed by atoms with Crippen LogP contribution in [0.3, 0.4) is 0 Å². The summed E-state index contributed by atoms with van der Waals surface area (Å²) in [5.74, 6) is -3.31. The molecular formula is C24H35F2NO3. The summed E-state index contributed by atoms with van der Waals surface area (Å²) in [5, 5.41) is 23.2. The van der Waals surface area contributed by atoms with Crippen LogP contribution >= 0.6 is 0 Å². The van der Waals surface area contributed by atoms with Gasteiger partial charge in [-0.05, 0) is 55.9 Å². The number of rotatable bonds is 12. The smallest absolute Gasteiger partial charge is 0.248 e. The lowest BCUT2D eigenvalue weighted by Crippen LogP contribution is -2.26. The van der Waals surface area contributed by atoms with Crippen molar-refractivity contribution in [2.45, 2.75) is 75.9 Å². The molecule has 1 aliphatic rings. The fourth-order valence-corrected chi connectivity index (χ4v) is 4.26. The minimum Gasteiger partial charge on any atom is -0.393 e. The number of alkyl halides is 2. The Morgan fingerprint density at radius 2 is 1.83 bits per heavy atom. The first kappa shape index (κ1) is 24.5. The molecule has 6 heteroatoms. The van der Waals surface area contributed by atoms with Crippen molar-refractivity contribution >= 4 is 5.91 Å². The largest absolute Gasteiger partial charge is 0.393 e. The quantitative estimate of drug-likeness (QED) is 0.348. The number of carbonyl (C=O) groups is 1. The van der Waals surface area contributed by atoms with Gasteiger partial charge in [-0.1, -0.05) is 42.5 Å². The van der Waals surface area contributed by atoms with E-state index in [2.05, 4.69) is 5.32 Å². The summed E-state index contributed by atoms with van der Waals surface area (Å²) in [5.41, 5.74) is 0.896. The molecule has 1 saturated carbocycles. The highest BCUT2D eigenvalue weighted by atomic mass is 19.3. The molecule has 0 bridgehead atoms. The first-order chi connectivity index (χ1) is 14.3. The molecule has 168 valence electrons. The summed E-state index contributed by atoms with van der Waals surface area (Å²) in [7, 11) is 1.61. The van der Waals surface area contributed by atoms with E-state index < -0.39 is 18.1 Å². The molecule has 0 heterocycles. The summed E-state index contributed by atoms with van der Waals surface area (Å²) in [4.78, 5) is 11.2. The zero-order valence-corrected chi connectivity index (χ0v) is 17.8. The average molecular weight is 424 g/mol. The topological polar surface area (TPSA) is 69.6 Å². The summed E-state index contributed by atoms with van der Waals surface area (Å²) in [6.07, 6.45) is 5.29. The Morgan fingerprint density at radius 1 is 1.13 bits per heavy atom. The molecule has 2 rings (SSSR count). The highest BCUT2D eigenvalue weighted by Crippen LogP contribution is 2.40. The summed E-state index contributed by atoms with van der Waals surface area (Å²) in [6.45, 7) is 0. The fourth-order valence-electron chi connectivity index (χ4n) is 4.26. The van der Waals surface area contributed by atoms with Gasteiger partial charge in [0.1, 0.15) is 0 Å². The van der Waals surface area contributed by atoms with Gasteiger partial charge >= 0.3 is 0 Å². The predicted octanol–water partition coefficient (Wildman–Crippen LogP) is 4.26. The average Bonchev–Trinajstić information content (AvgIpc) is 3.00. The maximum Gasteiger partial charge on any atom is 0.248 e. The number of nitrogens with one attached hydrogen (secondary N) is 1. The second-order valence-corrected chi connectivity index (χ2v) is 8.35. The van der Waals surface area contributed by atoms with E-state index in [1.54, 1.807) is 7.05 Å². The number of benzene rings is 1. The second kappa shape index (κ2) is 12.2. The zero-order valence-electron chi connectivity index (χ0n) is 17.8. The molecule has 1 amide bonds. The second-order valence-electron chi connectivity index (χ2n) is 8.35. The lowest BCUT2D eigenvalue weighted by atomic mass is 9.85. The van der Waals surface area contributed by atoms with E-state index in [1.165, 1.54) is 0 Å². The predicted molar refractivity (Wildman–Crippen MR) is 114 cm³/mol. The Morgan fingerprint density at radius 3 is 2.53 bits per heavy atom. The van der Waals surface area contributed by atoms with Crippen molar-refractivity contribution in [2.24, 2.45) is 11.8 Å². The summed E-state index contributed by atoms with van der Waals surface area (Å²) in [6, 6.07) is 9.26. The van der Waals surface area contributed by atoms with E-state index in [0.717, 1.165) is 18.4 Å². The Labute approximate surface area is 178 Å². The van der Waals surface area contributed by atoms with Gasteiger partial charge < -0.3 is 15.5 Å².